The summed E-state index contributed by atoms with van der Waals surface area (Å²) in [4.78, 5) is 24.6. The number of nitrogens with zero attached hydrogens (tertiary/aromatic N) is 3. The lowest BCUT2D eigenvalue weighted by Gasteiger charge is -2.11. The number of amides is 1. The number of phenolic OH excluding ortho intramolecular Hbond substituents is 1. The summed E-state index contributed by atoms with van der Waals surface area (Å²) < 4.78 is 6.96. The van der Waals surface area contributed by atoms with Crippen molar-refractivity contribution in [1.29, 1.82) is 0 Å². The SMILES string of the molecule is CCOC(=O)c1cccc(NC(=O)CSc2nnc(-c3ccc(O)cc3)n2Cc2ccccc2)c1. The van der Waals surface area contributed by atoms with Crippen LogP contribution in [0.4, 0.5) is 5.69 Å². The molecule has 4 rings (SSSR count). The average molecular weight is 489 g/mol. The maximum absolute atomic E-state index is 12.6. The van der Waals surface area contributed by atoms with E-state index in [-0.39, 0.29) is 24.0 Å². The van der Waals surface area contributed by atoms with Gasteiger partial charge in [0.1, 0.15) is 5.75 Å². The number of rotatable bonds is 9. The van der Waals surface area contributed by atoms with Gasteiger partial charge in [0.05, 0.1) is 24.5 Å². The van der Waals surface area contributed by atoms with Crippen LogP contribution < -0.4 is 5.32 Å². The molecule has 0 saturated carbocycles. The molecular weight excluding hydrogens is 464 g/mol. The summed E-state index contributed by atoms with van der Waals surface area (Å²) in [7, 11) is 0. The second kappa shape index (κ2) is 11.3. The van der Waals surface area contributed by atoms with Crippen LogP contribution in [0.15, 0.2) is 84.0 Å². The minimum Gasteiger partial charge on any atom is -0.508 e. The fourth-order valence-electron chi connectivity index (χ4n) is 3.39. The van der Waals surface area contributed by atoms with E-state index in [1.807, 2.05) is 34.9 Å². The standard InChI is InChI=1S/C26H24N4O4S/c1-2-34-25(33)20-9-6-10-21(15-20)27-23(32)17-35-26-29-28-24(19-11-13-22(31)14-12-19)30(26)16-18-7-4-3-5-8-18/h3-15,31H,2,16-17H2,1H3,(H,27,32). The molecule has 35 heavy (non-hydrogen) atoms. The summed E-state index contributed by atoms with van der Waals surface area (Å²) in [6.45, 7) is 2.54. The van der Waals surface area contributed by atoms with E-state index in [4.69, 9.17) is 4.74 Å². The van der Waals surface area contributed by atoms with E-state index in [2.05, 4.69) is 15.5 Å². The molecule has 3 aromatic carbocycles. The van der Waals surface area contributed by atoms with Gasteiger partial charge < -0.3 is 15.2 Å². The van der Waals surface area contributed by atoms with Crippen LogP contribution in [0, 0.1) is 0 Å². The first-order chi connectivity index (χ1) is 17.0. The predicted octanol–water partition coefficient (Wildman–Crippen LogP) is 4.61. The van der Waals surface area contributed by atoms with Crippen molar-refractivity contribution in [2.24, 2.45) is 0 Å². The lowest BCUT2D eigenvalue weighted by atomic mass is 10.2. The zero-order valence-electron chi connectivity index (χ0n) is 19.0. The number of carbonyl (C=O) groups is 2. The van der Waals surface area contributed by atoms with E-state index in [0.717, 1.165) is 11.1 Å². The smallest absolute Gasteiger partial charge is 0.338 e. The molecule has 0 aliphatic carbocycles. The number of nitrogens with one attached hydrogen (secondary N) is 1. The number of benzene rings is 3. The van der Waals surface area contributed by atoms with Crippen molar-refractivity contribution in [3.63, 3.8) is 0 Å². The van der Waals surface area contributed by atoms with Crippen molar-refractivity contribution < 1.29 is 19.4 Å². The molecule has 0 saturated heterocycles. The van der Waals surface area contributed by atoms with Crippen molar-refractivity contribution in [2.75, 3.05) is 17.7 Å². The molecule has 2 N–H and O–H groups in total. The Morgan fingerprint density at radius 1 is 1.00 bits per heavy atom. The van der Waals surface area contributed by atoms with Gasteiger partial charge in [0.2, 0.25) is 5.91 Å². The van der Waals surface area contributed by atoms with Crippen molar-refractivity contribution in [2.45, 2.75) is 18.6 Å². The topological polar surface area (TPSA) is 106 Å². The number of anilines is 1. The quantitative estimate of drug-likeness (QED) is 0.262. The van der Waals surface area contributed by atoms with E-state index in [9.17, 15) is 14.7 Å². The summed E-state index contributed by atoms with van der Waals surface area (Å²) >= 11 is 1.27. The Morgan fingerprint density at radius 2 is 1.77 bits per heavy atom. The molecule has 178 valence electrons. The van der Waals surface area contributed by atoms with Crippen LogP contribution >= 0.6 is 11.8 Å². The van der Waals surface area contributed by atoms with Crippen LogP contribution in [-0.4, -0.2) is 44.1 Å². The summed E-state index contributed by atoms with van der Waals surface area (Å²) in [5.41, 5.74) is 2.75. The molecule has 0 aliphatic heterocycles. The number of aromatic nitrogens is 3. The van der Waals surface area contributed by atoms with Crippen molar-refractivity contribution in [1.82, 2.24) is 14.8 Å². The molecule has 1 aromatic heterocycles. The van der Waals surface area contributed by atoms with Gasteiger partial charge in [-0.1, -0.05) is 48.2 Å². The second-order valence-electron chi connectivity index (χ2n) is 7.56. The predicted molar refractivity (Wildman–Crippen MR) is 134 cm³/mol. The van der Waals surface area contributed by atoms with E-state index in [0.29, 0.717) is 28.8 Å². The Hall–Kier alpha value is -4.11. The van der Waals surface area contributed by atoms with Gasteiger partial charge in [-0.25, -0.2) is 4.79 Å². The third kappa shape index (κ3) is 6.27. The number of hydrogen-bond acceptors (Lipinski definition) is 7. The second-order valence-corrected chi connectivity index (χ2v) is 8.51. The molecule has 9 heteroatoms. The molecule has 0 spiro atoms. The average Bonchev–Trinajstić information content (AvgIpc) is 3.26. The van der Waals surface area contributed by atoms with Crippen molar-refractivity contribution >= 4 is 29.3 Å². The first kappa shape index (κ1) is 24.0. The number of hydrogen-bond donors (Lipinski definition) is 2. The Morgan fingerprint density at radius 3 is 2.51 bits per heavy atom. The number of carbonyl (C=O) groups excluding carboxylic acids is 2. The lowest BCUT2D eigenvalue weighted by Crippen LogP contribution is -2.15. The van der Waals surface area contributed by atoms with Gasteiger partial charge in [0.15, 0.2) is 11.0 Å². The summed E-state index contributed by atoms with van der Waals surface area (Å²) in [6, 6.07) is 23.3. The van der Waals surface area contributed by atoms with Crippen molar-refractivity contribution in [3.05, 3.63) is 90.0 Å². The van der Waals surface area contributed by atoms with Gasteiger partial charge >= 0.3 is 5.97 Å². The Labute approximate surface area is 207 Å². The monoisotopic (exact) mass is 488 g/mol. The highest BCUT2D eigenvalue weighted by Gasteiger charge is 2.17. The minimum atomic E-state index is -0.436. The van der Waals surface area contributed by atoms with Crippen LogP contribution in [0.1, 0.15) is 22.8 Å². The molecule has 0 atom stereocenters. The third-order valence-corrected chi connectivity index (χ3v) is 5.98. The van der Waals surface area contributed by atoms with E-state index in [1.54, 1.807) is 55.5 Å². The van der Waals surface area contributed by atoms with Gasteiger partial charge in [0, 0.05) is 11.3 Å². The molecule has 4 aromatic rings. The summed E-state index contributed by atoms with van der Waals surface area (Å²) in [5, 5.41) is 21.7. The zero-order chi connectivity index (χ0) is 24.6. The number of esters is 1. The molecule has 0 aliphatic rings. The fraction of sp³-hybridized carbons (Fsp3) is 0.154. The van der Waals surface area contributed by atoms with Gasteiger partial charge in [-0.15, -0.1) is 10.2 Å². The van der Waals surface area contributed by atoms with Crippen LogP contribution in [0.2, 0.25) is 0 Å². The molecular formula is C26H24N4O4S. The van der Waals surface area contributed by atoms with Crippen LogP contribution in [0.25, 0.3) is 11.4 Å². The minimum absolute atomic E-state index is 0.103. The highest BCUT2D eigenvalue weighted by atomic mass is 32.2. The Bertz CT molecular complexity index is 1310. The summed E-state index contributed by atoms with van der Waals surface area (Å²) in [5.74, 6) is 0.233. The number of phenols is 1. The number of aromatic hydroxyl groups is 1. The molecule has 0 unspecified atom stereocenters. The van der Waals surface area contributed by atoms with E-state index in [1.165, 1.54) is 11.8 Å². The molecule has 0 radical (unpaired) electrons. The van der Waals surface area contributed by atoms with E-state index >= 15 is 0 Å². The van der Waals surface area contributed by atoms with Gasteiger partial charge in [-0.3, -0.25) is 9.36 Å². The normalized spacial score (nSPS) is 10.7. The molecule has 1 heterocycles. The largest absolute Gasteiger partial charge is 0.508 e. The molecule has 0 bridgehead atoms. The van der Waals surface area contributed by atoms with Crippen molar-refractivity contribution in [3.8, 4) is 17.1 Å². The Kier molecular flexibility index (Phi) is 7.79. The van der Waals surface area contributed by atoms with Gasteiger partial charge in [0.25, 0.3) is 0 Å². The molecule has 8 nitrogen and oxygen atoms in total. The summed E-state index contributed by atoms with van der Waals surface area (Å²) in [6.07, 6.45) is 0. The first-order valence-corrected chi connectivity index (χ1v) is 12.0. The highest BCUT2D eigenvalue weighted by Crippen LogP contribution is 2.26. The molecule has 1 amide bonds. The highest BCUT2D eigenvalue weighted by molar-refractivity contribution is 7.99. The fourth-order valence-corrected chi connectivity index (χ4v) is 4.13. The van der Waals surface area contributed by atoms with Crippen LogP contribution in [0.3, 0.4) is 0 Å². The number of thioether (sulfide) groups is 1. The third-order valence-electron chi connectivity index (χ3n) is 5.02. The number of ether oxygens (including phenoxy) is 1. The Balaban J connectivity index is 1.50. The maximum atomic E-state index is 12.6. The van der Waals surface area contributed by atoms with Gasteiger partial charge in [-0.05, 0) is 55.0 Å². The lowest BCUT2D eigenvalue weighted by molar-refractivity contribution is -0.113. The van der Waals surface area contributed by atoms with E-state index < -0.39 is 5.97 Å². The van der Waals surface area contributed by atoms with Crippen LogP contribution in [-0.2, 0) is 16.1 Å². The van der Waals surface area contributed by atoms with Crippen LogP contribution in [0.5, 0.6) is 5.75 Å². The zero-order valence-corrected chi connectivity index (χ0v) is 19.9. The molecule has 0 fully saturated rings. The first-order valence-electron chi connectivity index (χ1n) is 11.0. The maximum Gasteiger partial charge on any atom is 0.338 e. The van der Waals surface area contributed by atoms with Gasteiger partial charge in [-0.2, -0.15) is 0 Å².